The van der Waals surface area contributed by atoms with Crippen molar-refractivity contribution < 1.29 is 53.5 Å². The Hall–Kier alpha value is -0.840. The Morgan fingerprint density at radius 2 is 1.20 bits per heavy atom. The number of aliphatic hydroxyl groups is 4. The highest BCUT2D eigenvalue weighted by molar-refractivity contribution is 7.89. The first-order valence-corrected chi connectivity index (χ1v) is 22.7. The van der Waals surface area contributed by atoms with E-state index in [9.17, 15) is 25.2 Å². The van der Waals surface area contributed by atoms with Gasteiger partial charge in [0.25, 0.3) is 0 Å². The first kappa shape index (κ1) is 52.2. The van der Waals surface area contributed by atoms with Gasteiger partial charge in [-0.25, -0.2) is 5.26 Å². The molecule has 1 amide bonds. The van der Waals surface area contributed by atoms with Gasteiger partial charge in [0.05, 0.1) is 25.4 Å². The number of rotatable bonds is 39. The van der Waals surface area contributed by atoms with Crippen LogP contribution in [-0.4, -0.2) is 87.7 Å². The molecule has 1 aliphatic rings. The van der Waals surface area contributed by atoms with Crippen LogP contribution in [0.15, 0.2) is 12.2 Å². The number of carbonyl (C=O) groups excluding carboxylic acids is 1. The van der Waals surface area contributed by atoms with E-state index >= 15 is 0 Å². The van der Waals surface area contributed by atoms with Crippen LogP contribution in [0.25, 0.3) is 0 Å². The molecule has 1 rings (SSSR count). The summed E-state index contributed by atoms with van der Waals surface area (Å²) >= 11 is 0.166. The Bertz CT molecular complexity index is 888. The van der Waals surface area contributed by atoms with Gasteiger partial charge in [0.15, 0.2) is 18.6 Å². The Morgan fingerprint density at radius 1 is 0.727 bits per heavy atom. The fourth-order valence-corrected chi connectivity index (χ4v) is 7.41. The molecule has 1 heterocycles. The maximum Gasteiger partial charge on any atom is 0.220 e. The van der Waals surface area contributed by atoms with Gasteiger partial charge in [-0.15, -0.1) is 4.33 Å². The van der Waals surface area contributed by atoms with E-state index < -0.39 is 49.5 Å². The number of hydrogen-bond acceptors (Lipinski definition) is 12. The molecule has 1 fully saturated rings. The minimum atomic E-state index is -1.54. The number of hydrogen-bond donors (Lipinski definition) is 6. The fourth-order valence-electron chi connectivity index (χ4n) is 7.03. The van der Waals surface area contributed by atoms with Gasteiger partial charge in [-0.1, -0.05) is 185 Å². The molecule has 326 valence electrons. The molecule has 0 spiro atoms. The van der Waals surface area contributed by atoms with Crippen LogP contribution in [0.4, 0.5) is 0 Å². The van der Waals surface area contributed by atoms with Gasteiger partial charge in [-0.3, -0.25) is 8.98 Å². The van der Waals surface area contributed by atoms with Crippen LogP contribution in [0, 0.1) is 0 Å². The number of unbranched alkanes of at least 4 members (excludes halogenated alkanes) is 25. The average Bonchev–Trinajstić information content (AvgIpc) is 3.18. The van der Waals surface area contributed by atoms with Crippen LogP contribution in [-0.2, 0) is 27.8 Å². The summed E-state index contributed by atoms with van der Waals surface area (Å²) in [6, 6.07) is -0.838. The summed E-state index contributed by atoms with van der Waals surface area (Å²) in [5.41, 5.74) is 0. The molecular weight excluding hydrogens is 727 g/mol. The first-order valence-electron chi connectivity index (χ1n) is 22.1. The molecule has 0 aromatic heterocycles. The van der Waals surface area contributed by atoms with E-state index in [1.165, 1.54) is 128 Å². The number of amides is 1. The minimum absolute atomic E-state index is 0.166. The van der Waals surface area contributed by atoms with E-state index in [-0.39, 0.29) is 24.8 Å². The third-order valence-electron chi connectivity index (χ3n) is 10.5. The highest BCUT2D eigenvalue weighted by Gasteiger charge is 2.46. The van der Waals surface area contributed by atoms with E-state index in [1.54, 1.807) is 6.08 Å². The minimum Gasteiger partial charge on any atom is -0.394 e. The third kappa shape index (κ3) is 27.5. The maximum absolute atomic E-state index is 12.9. The van der Waals surface area contributed by atoms with Crippen LogP contribution < -0.4 is 5.32 Å². The standard InChI is InChI=1S/C42H81NO11S/c1-3-5-7-9-10-11-12-13-14-15-16-17-18-19-20-21-22-23-24-25-26-28-30-32-38(46)43-35(36(45)31-29-27-8-6-4-2)34-50-42-40(48)41(52-55-54-53-49)39(47)37(33-44)51-42/h29,31,35-37,39-42,44-45,47-49H,3-28,30,32-34H2,1-2H3,(H,43,46)/b31-29+/t35-,36+,37?,39?,40?,41?,42?/m0/s1. The van der Waals surface area contributed by atoms with Crippen LogP contribution in [0.3, 0.4) is 0 Å². The Labute approximate surface area is 338 Å². The third-order valence-corrected chi connectivity index (χ3v) is 11.0. The molecule has 0 aliphatic carbocycles. The molecule has 1 aliphatic heterocycles. The zero-order valence-corrected chi connectivity index (χ0v) is 35.3. The Balaban J connectivity index is 2.26. The highest BCUT2D eigenvalue weighted by Crippen LogP contribution is 2.28. The van der Waals surface area contributed by atoms with Crippen molar-refractivity contribution in [3.63, 3.8) is 0 Å². The first-order chi connectivity index (χ1) is 26.9. The molecule has 13 heteroatoms. The number of ether oxygens (including phenoxy) is 2. The Kier molecular flexibility index (Phi) is 35.5. The number of allylic oxidation sites excluding steroid dienone is 1. The second-order valence-electron chi connectivity index (χ2n) is 15.4. The second-order valence-corrected chi connectivity index (χ2v) is 15.9. The summed E-state index contributed by atoms with van der Waals surface area (Å²) in [5.74, 6) is -0.205. The molecule has 0 aromatic carbocycles. The molecule has 55 heavy (non-hydrogen) atoms. The molecular formula is C42H81NO11S. The van der Waals surface area contributed by atoms with E-state index in [1.807, 2.05) is 6.08 Å². The summed E-state index contributed by atoms with van der Waals surface area (Å²) in [5, 5.41) is 56.5. The number of aliphatic hydroxyl groups excluding tert-OH is 4. The van der Waals surface area contributed by atoms with E-state index in [0.29, 0.717) is 6.42 Å². The summed E-state index contributed by atoms with van der Waals surface area (Å²) in [7, 11) is 0. The lowest BCUT2D eigenvalue weighted by Crippen LogP contribution is -2.60. The quantitative estimate of drug-likeness (QED) is 0.0114. The second kappa shape index (κ2) is 37.4. The van der Waals surface area contributed by atoms with Crippen molar-refractivity contribution in [2.75, 3.05) is 13.2 Å². The molecule has 1 saturated heterocycles. The van der Waals surface area contributed by atoms with Crippen molar-refractivity contribution in [2.24, 2.45) is 0 Å². The summed E-state index contributed by atoms with van der Waals surface area (Å²) in [6.45, 7) is 3.58. The van der Waals surface area contributed by atoms with Crippen molar-refractivity contribution in [1.82, 2.24) is 5.32 Å². The van der Waals surface area contributed by atoms with Gasteiger partial charge in [0.2, 0.25) is 5.91 Å². The molecule has 0 bridgehead atoms. The largest absolute Gasteiger partial charge is 0.394 e. The van der Waals surface area contributed by atoms with Gasteiger partial charge >= 0.3 is 0 Å². The van der Waals surface area contributed by atoms with E-state index in [4.69, 9.17) is 18.9 Å². The number of nitrogens with one attached hydrogen (secondary N) is 1. The highest BCUT2D eigenvalue weighted by atomic mass is 32.2. The van der Waals surface area contributed by atoms with Crippen molar-refractivity contribution in [1.29, 1.82) is 0 Å². The van der Waals surface area contributed by atoms with Crippen LogP contribution in [0.5, 0.6) is 0 Å². The lowest BCUT2D eigenvalue weighted by molar-refractivity contribution is -0.435. The topological polar surface area (TPSA) is 176 Å². The van der Waals surface area contributed by atoms with Crippen molar-refractivity contribution in [3.8, 4) is 0 Å². The Morgan fingerprint density at radius 3 is 1.67 bits per heavy atom. The lowest BCUT2D eigenvalue weighted by atomic mass is 9.99. The van der Waals surface area contributed by atoms with Crippen molar-refractivity contribution >= 4 is 18.2 Å². The summed E-state index contributed by atoms with van der Waals surface area (Å²) in [6.07, 6.45) is 30.0. The van der Waals surface area contributed by atoms with Crippen LogP contribution in [0.1, 0.15) is 194 Å². The van der Waals surface area contributed by atoms with Crippen LogP contribution >= 0.6 is 12.3 Å². The molecule has 12 nitrogen and oxygen atoms in total. The predicted molar refractivity (Wildman–Crippen MR) is 219 cm³/mol. The zero-order valence-electron chi connectivity index (χ0n) is 34.5. The van der Waals surface area contributed by atoms with Gasteiger partial charge in [0.1, 0.15) is 24.4 Å². The van der Waals surface area contributed by atoms with Gasteiger partial charge < -0.3 is 35.2 Å². The van der Waals surface area contributed by atoms with Gasteiger partial charge in [-0.05, 0) is 19.3 Å². The molecule has 5 unspecified atom stereocenters. The summed E-state index contributed by atoms with van der Waals surface area (Å²) in [4.78, 5) is 12.9. The zero-order chi connectivity index (χ0) is 40.2. The van der Waals surface area contributed by atoms with Gasteiger partial charge in [0, 0.05) is 6.42 Å². The predicted octanol–water partition coefficient (Wildman–Crippen LogP) is 9.18. The smallest absolute Gasteiger partial charge is 0.220 e. The monoisotopic (exact) mass is 808 g/mol. The summed E-state index contributed by atoms with van der Waals surface area (Å²) < 4.78 is 20.7. The molecule has 6 N–H and O–H groups in total. The fraction of sp³-hybridized carbons (Fsp3) is 0.929. The van der Waals surface area contributed by atoms with E-state index in [0.717, 1.165) is 44.9 Å². The molecule has 0 aromatic rings. The van der Waals surface area contributed by atoms with E-state index in [2.05, 4.69) is 28.5 Å². The lowest BCUT2D eigenvalue weighted by Gasteiger charge is -2.41. The molecule has 0 saturated carbocycles. The normalized spacial score (nSPS) is 21.3. The van der Waals surface area contributed by atoms with Crippen LogP contribution in [0.2, 0.25) is 0 Å². The molecule has 7 atom stereocenters. The van der Waals surface area contributed by atoms with Gasteiger partial charge in [-0.2, -0.15) is 0 Å². The SMILES string of the molecule is CCCCC/C=C/[C@@H](O)[C@H](COC1OC(CO)C(O)C(OSOOO)C1O)NC(=O)CCCCCCCCCCCCCCCCCCCCCCCCC. The van der Waals surface area contributed by atoms with Crippen molar-refractivity contribution in [3.05, 3.63) is 12.2 Å². The number of carbonyl (C=O) groups is 1. The average molecular weight is 808 g/mol. The maximum atomic E-state index is 12.9. The van der Waals surface area contributed by atoms with Crippen molar-refractivity contribution in [2.45, 2.75) is 236 Å². The molecule has 0 radical (unpaired) electrons.